The molecule has 1 heterocycles. The van der Waals surface area contributed by atoms with Crippen LogP contribution in [0.1, 0.15) is 11.3 Å². The van der Waals surface area contributed by atoms with Crippen molar-refractivity contribution in [3.05, 3.63) is 47.5 Å². The van der Waals surface area contributed by atoms with E-state index in [0.717, 1.165) is 0 Å². The number of hydrogen-bond donors (Lipinski definition) is 1. The maximum atomic E-state index is 13.1. The van der Waals surface area contributed by atoms with E-state index in [1.54, 1.807) is 25.4 Å². The molecule has 0 amide bonds. The van der Waals surface area contributed by atoms with E-state index < -0.39 is 11.9 Å². The molecule has 6 heteroatoms. The Kier molecular flexibility index (Phi) is 3.89. The van der Waals surface area contributed by atoms with Crippen molar-refractivity contribution in [2.45, 2.75) is 12.8 Å². The fourth-order valence-corrected chi connectivity index (χ4v) is 1.94. The lowest BCUT2D eigenvalue weighted by atomic mass is 9.95. The van der Waals surface area contributed by atoms with E-state index in [1.807, 2.05) is 0 Å². The fraction of sp³-hybridized carbons (Fsp3) is 0.308. The zero-order chi connectivity index (χ0) is 13.8. The Bertz CT molecular complexity index is 583. The molecular weight excluding hydrogens is 249 g/mol. The van der Waals surface area contributed by atoms with Crippen LogP contribution in [-0.4, -0.2) is 26.1 Å². The zero-order valence-corrected chi connectivity index (χ0v) is 10.5. The van der Waals surface area contributed by atoms with Crippen LogP contribution in [0.5, 0.6) is 0 Å². The second-order valence-electron chi connectivity index (χ2n) is 4.46. The molecule has 100 valence electrons. The third-order valence-corrected chi connectivity index (χ3v) is 2.83. The molecule has 0 saturated carbocycles. The summed E-state index contributed by atoms with van der Waals surface area (Å²) in [5, 5.41) is 16.9. The summed E-state index contributed by atoms with van der Waals surface area (Å²) in [7, 11) is 1.72. The van der Waals surface area contributed by atoms with Gasteiger partial charge in [0.25, 0.3) is 0 Å². The van der Waals surface area contributed by atoms with Gasteiger partial charge < -0.3 is 5.11 Å². The van der Waals surface area contributed by atoms with Gasteiger partial charge in [0.2, 0.25) is 0 Å². The number of carboxylic acids is 1. The Morgan fingerprint density at radius 1 is 1.47 bits per heavy atom. The Labute approximate surface area is 109 Å². The maximum absolute atomic E-state index is 13.1. The van der Waals surface area contributed by atoms with Gasteiger partial charge in [-0.2, -0.15) is 0 Å². The van der Waals surface area contributed by atoms with Gasteiger partial charge in [0, 0.05) is 19.7 Å². The molecule has 0 aliphatic heterocycles. The van der Waals surface area contributed by atoms with Crippen LogP contribution in [0.3, 0.4) is 0 Å². The number of nitrogens with zero attached hydrogens (tertiary/aromatic N) is 3. The molecule has 2 aromatic rings. The standard InChI is InChI=1S/C13H14FN3O2/c1-17-8-12(15-16-17)7-10(13(18)19)5-9-3-2-4-11(14)6-9/h2-4,6,8,10H,5,7H2,1H3,(H,18,19). The van der Waals surface area contributed by atoms with Crippen LogP contribution in [0.4, 0.5) is 4.39 Å². The van der Waals surface area contributed by atoms with E-state index in [-0.39, 0.29) is 18.7 Å². The monoisotopic (exact) mass is 263 g/mol. The molecule has 1 aromatic heterocycles. The number of aliphatic carboxylic acids is 1. The molecule has 1 N–H and O–H groups in total. The van der Waals surface area contributed by atoms with Gasteiger partial charge in [0.15, 0.2) is 0 Å². The van der Waals surface area contributed by atoms with Crippen molar-refractivity contribution in [1.29, 1.82) is 0 Å². The molecule has 0 radical (unpaired) electrons. The minimum absolute atomic E-state index is 0.268. The van der Waals surface area contributed by atoms with E-state index in [2.05, 4.69) is 10.3 Å². The summed E-state index contributed by atoms with van der Waals surface area (Å²) in [5.41, 5.74) is 1.28. The second-order valence-corrected chi connectivity index (χ2v) is 4.46. The highest BCUT2D eigenvalue weighted by molar-refractivity contribution is 5.70. The Balaban J connectivity index is 2.10. The average Bonchev–Trinajstić information content (AvgIpc) is 2.74. The average molecular weight is 263 g/mol. The summed E-state index contributed by atoms with van der Waals surface area (Å²) in [6.07, 6.45) is 2.23. The van der Waals surface area contributed by atoms with Crippen molar-refractivity contribution >= 4 is 5.97 Å². The van der Waals surface area contributed by atoms with Crippen LogP contribution in [0, 0.1) is 11.7 Å². The van der Waals surface area contributed by atoms with Crippen molar-refractivity contribution in [1.82, 2.24) is 15.0 Å². The fourth-order valence-electron chi connectivity index (χ4n) is 1.94. The lowest BCUT2D eigenvalue weighted by molar-refractivity contribution is -0.141. The highest BCUT2D eigenvalue weighted by atomic mass is 19.1. The largest absolute Gasteiger partial charge is 0.481 e. The molecule has 0 saturated heterocycles. The first-order valence-corrected chi connectivity index (χ1v) is 5.87. The van der Waals surface area contributed by atoms with Crippen LogP contribution < -0.4 is 0 Å². The highest BCUT2D eigenvalue weighted by Crippen LogP contribution is 2.14. The minimum Gasteiger partial charge on any atom is -0.481 e. The summed E-state index contributed by atoms with van der Waals surface area (Å²) >= 11 is 0. The minimum atomic E-state index is -0.921. The summed E-state index contributed by atoms with van der Waals surface area (Å²) in [6, 6.07) is 5.98. The summed E-state index contributed by atoms with van der Waals surface area (Å²) < 4.78 is 14.6. The third-order valence-electron chi connectivity index (χ3n) is 2.83. The predicted octanol–water partition coefficient (Wildman–Crippen LogP) is 1.44. The number of carbonyl (C=O) groups is 1. The van der Waals surface area contributed by atoms with Gasteiger partial charge in [-0.1, -0.05) is 17.3 Å². The predicted molar refractivity (Wildman–Crippen MR) is 65.9 cm³/mol. The topological polar surface area (TPSA) is 68.0 Å². The van der Waals surface area contributed by atoms with Gasteiger partial charge in [-0.05, 0) is 24.1 Å². The van der Waals surface area contributed by atoms with Crippen LogP contribution in [0.25, 0.3) is 0 Å². The Morgan fingerprint density at radius 2 is 2.26 bits per heavy atom. The molecule has 19 heavy (non-hydrogen) atoms. The summed E-state index contributed by atoms with van der Waals surface area (Å²) in [5.74, 6) is -1.92. The number of carboxylic acid groups (broad SMARTS) is 1. The van der Waals surface area contributed by atoms with Gasteiger partial charge in [-0.3, -0.25) is 9.48 Å². The number of halogens is 1. The molecule has 1 unspecified atom stereocenters. The van der Waals surface area contributed by atoms with Crippen molar-refractivity contribution < 1.29 is 14.3 Å². The van der Waals surface area contributed by atoms with E-state index in [9.17, 15) is 14.3 Å². The Morgan fingerprint density at radius 3 is 2.84 bits per heavy atom. The van der Waals surface area contributed by atoms with E-state index in [4.69, 9.17) is 0 Å². The van der Waals surface area contributed by atoms with Crippen LogP contribution in [-0.2, 0) is 24.7 Å². The number of hydrogen-bond acceptors (Lipinski definition) is 3. The smallest absolute Gasteiger partial charge is 0.307 e. The first-order valence-electron chi connectivity index (χ1n) is 5.87. The molecule has 0 aliphatic rings. The highest BCUT2D eigenvalue weighted by Gasteiger charge is 2.20. The normalized spacial score (nSPS) is 12.3. The van der Waals surface area contributed by atoms with Crippen molar-refractivity contribution in [3.8, 4) is 0 Å². The van der Waals surface area contributed by atoms with Crippen LogP contribution >= 0.6 is 0 Å². The molecule has 1 aromatic carbocycles. The first-order chi connectivity index (χ1) is 9.04. The zero-order valence-electron chi connectivity index (χ0n) is 10.5. The molecule has 2 rings (SSSR count). The number of benzene rings is 1. The van der Waals surface area contributed by atoms with Crippen molar-refractivity contribution in [2.75, 3.05) is 0 Å². The van der Waals surface area contributed by atoms with E-state index >= 15 is 0 Å². The maximum Gasteiger partial charge on any atom is 0.307 e. The quantitative estimate of drug-likeness (QED) is 0.886. The second kappa shape index (κ2) is 5.60. The van der Waals surface area contributed by atoms with Crippen LogP contribution in [0.2, 0.25) is 0 Å². The summed E-state index contributed by atoms with van der Waals surface area (Å²) in [6.45, 7) is 0. The van der Waals surface area contributed by atoms with E-state index in [0.29, 0.717) is 11.3 Å². The lowest BCUT2D eigenvalue weighted by Gasteiger charge is -2.10. The van der Waals surface area contributed by atoms with Crippen LogP contribution in [0.15, 0.2) is 30.5 Å². The molecule has 5 nitrogen and oxygen atoms in total. The molecule has 1 atom stereocenters. The first kappa shape index (κ1) is 13.2. The molecule has 0 spiro atoms. The number of rotatable bonds is 5. The van der Waals surface area contributed by atoms with Gasteiger partial charge in [0.05, 0.1) is 11.6 Å². The number of aryl methyl sites for hydroxylation is 1. The van der Waals surface area contributed by atoms with Crippen molar-refractivity contribution in [2.24, 2.45) is 13.0 Å². The van der Waals surface area contributed by atoms with Gasteiger partial charge in [-0.15, -0.1) is 5.10 Å². The molecule has 0 fully saturated rings. The third kappa shape index (κ3) is 3.61. The van der Waals surface area contributed by atoms with E-state index in [1.165, 1.54) is 16.8 Å². The summed E-state index contributed by atoms with van der Waals surface area (Å²) in [4.78, 5) is 11.3. The van der Waals surface area contributed by atoms with Gasteiger partial charge in [0.1, 0.15) is 5.82 Å². The Hall–Kier alpha value is -2.24. The molecular formula is C13H14FN3O2. The van der Waals surface area contributed by atoms with Gasteiger partial charge >= 0.3 is 5.97 Å². The van der Waals surface area contributed by atoms with Gasteiger partial charge in [-0.25, -0.2) is 4.39 Å². The molecule has 0 aliphatic carbocycles. The molecule has 0 bridgehead atoms. The SMILES string of the molecule is Cn1cc(CC(Cc2cccc(F)c2)C(=O)O)nn1. The van der Waals surface area contributed by atoms with Crippen molar-refractivity contribution in [3.63, 3.8) is 0 Å². The number of aromatic nitrogens is 3. The lowest BCUT2D eigenvalue weighted by Crippen LogP contribution is -2.19.